The van der Waals surface area contributed by atoms with Crippen molar-refractivity contribution in [2.45, 2.75) is 58.0 Å². The molecule has 18 heavy (non-hydrogen) atoms. The fourth-order valence-electron chi connectivity index (χ4n) is 3.30. The van der Waals surface area contributed by atoms with Crippen molar-refractivity contribution in [1.29, 1.82) is 0 Å². The molecule has 0 bridgehead atoms. The third-order valence-corrected chi connectivity index (χ3v) is 5.05. The van der Waals surface area contributed by atoms with Gasteiger partial charge in [-0.2, -0.15) is 0 Å². The molecule has 1 fully saturated rings. The first-order valence-corrected chi connectivity index (χ1v) is 7.95. The van der Waals surface area contributed by atoms with Crippen molar-refractivity contribution >= 4 is 15.9 Å². The van der Waals surface area contributed by atoms with Gasteiger partial charge in [0.2, 0.25) is 0 Å². The number of hydrogen-bond acceptors (Lipinski definition) is 2. The Bertz CT molecular complexity index is 438. The quantitative estimate of drug-likeness (QED) is 0.836. The monoisotopic (exact) mass is 311 g/mol. The molecule has 0 amide bonds. The summed E-state index contributed by atoms with van der Waals surface area (Å²) in [6.45, 7) is 8.16. The molecule has 3 heterocycles. The molecule has 4 heteroatoms. The van der Waals surface area contributed by atoms with Crippen molar-refractivity contribution in [1.82, 2.24) is 14.5 Å². The SMILES string of the molecule is CC(C)N1CCC(c2nc(Br)c3n2CCCC3)C1. The summed E-state index contributed by atoms with van der Waals surface area (Å²) in [5.74, 6) is 1.97. The maximum absolute atomic E-state index is 4.82. The molecule has 2 aliphatic heterocycles. The van der Waals surface area contributed by atoms with E-state index in [1.54, 1.807) is 0 Å². The molecule has 0 aliphatic carbocycles. The lowest BCUT2D eigenvalue weighted by atomic mass is 10.1. The van der Waals surface area contributed by atoms with Crippen LogP contribution in [-0.2, 0) is 13.0 Å². The second kappa shape index (κ2) is 4.97. The first kappa shape index (κ1) is 12.7. The second-order valence-corrected chi connectivity index (χ2v) is 6.64. The summed E-state index contributed by atoms with van der Waals surface area (Å²) in [6, 6.07) is 0.661. The van der Waals surface area contributed by atoms with Crippen LogP contribution in [0.3, 0.4) is 0 Å². The summed E-state index contributed by atoms with van der Waals surface area (Å²) >= 11 is 3.65. The van der Waals surface area contributed by atoms with E-state index in [4.69, 9.17) is 4.98 Å². The van der Waals surface area contributed by atoms with E-state index < -0.39 is 0 Å². The first-order chi connectivity index (χ1) is 8.66. The minimum Gasteiger partial charge on any atom is -0.331 e. The molecule has 0 N–H and O–H groups in total. The van der Waals surface area contributed by atoms with Crippen molar-refractivity contribution in [3.8, 4) is 0 Å². The fraction of sp³-hybridized carbons (Fsp3) is 0.786. The molecule has 0 aromatic carbocycles. The standard InChI is InChI=1S/C14H22BrN3/c1-10(2)17-8-6-11(9-17)14-16-13(15)12-5-3-4-7-18(12)14/h10-11H,3-9H2,1-2H3. The number of halogens is 1. The lowest BCUT2D eigenvalue weighted by Gasteiger charge is -2.21. The van der Waals surface area contributed by atoms with Gasteiger partial charge in [-0.15, -0.1) is 0 Å². The van der Waals surface area contributed by atoms with Crippen LogP contribution in [0.5, 0.6) is 0 Å². The zero-order valence-corrected chi connectivity index (χ0v) is 12.9. The van der Waals surface area contributed by atoms with Gasteiger partial charge in [-0.3, -0.25) is 0 Å². The summed E-state index contributed by atoms with van der Waals surface area (Å²) in [5.41, 5.74) is 1.43. The molecule has 2 aliphatic rings. The van der Waals surface area contributed by atoms with Crippen LogP contribution in [-0.4, -0.2) is 33.6 Å². The summed E-state index contributed by atoms with van der Waals surface area (Å²) in [6.07, 6.45) is 5.07. The number of rotatable bonds is 2. The Morgan fingerprint density at radius 1 is 1.28 bits per heavy atom. The Morgan fingerprint density at radius 3 is 2.83 bits per heavy atom. The molecule has 1 saturated heterocycles. The molecule has 1 aromatic rings. The molecule has 0 radical (unpaired) electrons. The van der Waals surface area contributed by atoms with Gasteiger partial charge in [0.05, 0.1) is 5.69 Å². The maximum atomic E-state index is 4.82. The van der Waals surface area contributed by atoms with E-state index in [2.05, 4.69) is 39.2 Å². The number of hydrogen-bond donors (Lipinski definition) is 0. The van der Waals surface area contributed by atoms with Crippen LogP contribution < -0.4 is 0 Å². The third-order valence-electron chi connectivity index (χ3n) is 4.41. The Balaban J connectivity index is 1.85. The maximum Gasteiger partial charge on any atom is 0.127 e. The van der Waals surface area contributed by atoms with Gasteiger partial charge < -0.3 is 9.47 Å². The van der Waals surface area contributed by atoms with E-state index in [9.17, 15) is 0 Å². The highest BCUT2D eigenvalue weighted by atomic mass is 79.9. The Labute approximate surface area is 118 Å². The molecule has 1 aromatic heterocycles. The van der Waals surface area contributed by atoms with E-state index in [0.717, 1.165) is 4.60 Å². The van der Waals surface area contributed by atoms with Crippen LogP contribution in [0.1, 0.15) is 50.5 Å². The van der Waals surface area contributed by atoms with Gasteiger partial charge in [0.25, 0.3) is 0 Å². The summed E-state index contributed by atoms with van der Waals surface area (Å²) < 4.78 is 3.59. The molecule has 0 saturated carbocycles. The van der Waals surface area contributed by atoms with Crippen LogP contribution in [0, 0.1) is 0 Å². The minimum atomic E-state index is 0.635. The highest BCUT2D eigenvalue weighted by Gasteiger charge is 2.30. The van der Waals surface area contributed by atoms with Gasteiger partial charge in [-0.05, 0) is 62.0 Å². The van der Waals surface area contributed by atoms with Crippen LogP contribution in [0.2, 0.25) is 0 Å². The van der Waals surface area contributed by atoms with E-state index in [0.29, 0.717) is 12.0 Å². The van der Waals surface area contributed by atoms with Gasteiger partial charge in [0.1, 0.15) is 10.4 Å². The first-order valence-electron chi connectivity index (χ1n) is 7.15. The molecule has 3 rings (SSSR count). The Morgan fingerprint density at radius 2 is 2.11 bits per heavy atom. The van der Waals surface area contributed by atoms with E-state index >= 15 is 0 Å². The normalized spacial score (nSPS) is 24.8. The van der Waals surface area contributed by atoms with E-state index in [1.807, 2.05) is 0 Å². The van der Waals surface area contributed by atoms with E-state index in [1.165, 1.54) is 56.8 Å². The average Bonchev–Trinajstić information content (AvgIpc) is 2.95. The number of aromatic nitrogens is 2. The largest absolute Gasteiger partial charge is 0.331 e. The highest BCUT2D eigenvalue weighted by molar-refractivity contribution is 9.10. The molecule has 3 nitrogen and oxygen atoms in total. The Hall–Kier alpha value is -0.350. The van der Waals surface area contributed by atoms with Crippen LogP contribution in [0.15, 0.2) is 4.60 Å². The van der Waals surface area contributed by atoms with Gasteiger partial charge in [-0.1, -0.05) is 0 Å². The summed E-state index contributed by atoms with van der Waals surface area (Å²) in [7, 11) is 0. The highest BCUT2D eigenvalue weighted by Crippen LogP contribution is 2.33. The predicted molar refractivity (Wildman–Crippen MR) is 76.9 cm³/mol. The second-order valence-electron chi connectivity index (χ2n) is 5.89. The van der Waals surface area contributed by atoms with Crippen molar-refractivity contribution in [2.75, 3.05) is 13.1 Å². The van der Waals surface area contributed by atoms with Gasteiger partial charge in [0, 0.05) is 25.0 Å². The smallest absolute Gasteiger partial charge is 0.127 e. The molecule has 100 valence electrons. The number of fused-ring (bicyclic) bond motifs is 1. The van der Waals surface area contributed by atoms with Crippen molar-refractivity contribution < 1.29 is 0 Å². The van der Waals surface area contributed by atoms with Gasteiger partial charge >= 0.3 is 0 Å². The number of nitrogens with zero attached hydrogens (tertiary/aromatic N) is 3. The molecule has 1 atom stereocenters. The summed E-state index contributed by atoms with van der Waals surface area (Å²) in [4.78, 5) is 7.39. The van der Waals surface area contributed by atoms with Gasteiger partial charge in [0.15, 0.2) is 0 Å². The average molecular weight is 312 g/mol. The molecule has 0 spiro atoms. The lowest BCUT2D eigenvalue weighted by molar-refractivity contribution is 0.271. The predicted octanol–water partition coefficient (Wildman–Crippen LogP) is 3.18. The van der Waals surface area contributed by atoms with Crippen molar-refractivity contribution in [3.63, 3.8) is 0 Å². The Kier molecular flexibility index (Phi) is 3.50. The summed E-state index contributed by atoms with van der Waals surface area (Å²) in [5, 5.41) is 0. The molecular formula is C14H22BrN3. The van der Waals surface area contributed by atoms with Crippen LogP contribution >= 0.6 is 15.9 Å². The van der Waals surface area contributed by atoms with Crippen LogP contribution in [0.25, 0.3) is 0 Å². The lowest BCUT2D eigenvalue weighted by Crippen LogP contribution is -2.28. The zero-order chi connectivity index (χ0) is 12.7. The molecule has 1 unspecified atom stereocenters. The fourth-order valence-corrected chi connectivity index (χ4v) is 3.90. The van der Waals surface area contributed by atoms with Crippen LogP contribution in [0.4, 0.5) is 0 Å². The topological polar surface area (TPSA) is 21.1 Å². The number of imidazole rings is 1. The van der Waals surface area contributed by atoms with E-state index in [-0.39, 0.29) is 0 Å². The number of likely N-dealkylation sites (tertiary alicyclic amines) is 1. The minimum absolute atomic E-state index is 0.635. The van der Waals surface area contributed by atoms with Crippen molar-refractivity contribution in [2.24, 2.45) is 0 Å². The zero-order valence-electron chi connectivity index (χ0n) is 11.3. The van der Waals surface area contributed by atoms with Crippen molar-refractivity contribution in [3.05, 3.63) is 16.1 Å². The third kappa shape index (κ3) is 2.14. The van der Waals surface area contributed by atoms with Gasteiger partial charge in [-0.25, -0.2) is 4.98 Å². The molecular weight excluding hydrogens is 290 g/mol.